The maximum Gasteiger partial charge on any atom is 0.229 e. The summed E-state index contributed by atoms with van der Waals surface area (Å²) in [6, 6.07) is 7.91. The van der Waals surface area contributed by atoms with Gasteiger partial charge in [0.1, 0.15) is 17.4 Å². The molecule has 0 spiro atoms. The molecule has 0 saturated carbocycles. The van der Waals surface area contributed by atoms with E-state index in [-0.39, 0.29) is 11.8 Å². The fourth-order valence-electron chi connectivity index (χ4n) is 2.71. The summed E-state index contributed by atoms with van der Waals surface area (Å²) in [5.74, 6) is 0.841. The number of rotatable bonds is 6. The Labute approximate surface area is 139 Å². The molecule has 122 valence electrons. The number of benzene rings is 1. The van der Waals surface area contributed by atoms with E-state index >= 15 is 0 Å². The van der Waals surface area contributed by atoms with Crippen molar-refractivity contribution in [2.24, 2.45) is 5.92 Å². The van der Waals surface area contributed by atoms with Crippen LogP contribution in [-0.4, -0.2) is 42.7 Å². The summed E-state index contributed by atoms with van der Waals surface area (Å²) in [5, 5.41) is 2.86. The molecular weight excluding hydrogens is 312 g/mol. The molecule has 0 aliphatic carbocycles. The molecule has 6 heteroatoms. The molecule has 0 saturated heterocycles. The average Bonchev–Trinajstić information content (AvgIpc) is 3.10. The van der Waals surface area contributed by atoms with E-state index in [0.717, 1.165) is 22.7 Å². The van der Waals surface area contributed by atoms with Crippen LogP contribution in [0.3, 0.4) is 0 Å². The first-order chi connectivity index (χ1) is 11.3. The van der Waals surface area contributed by atoms with Gasteiger partial charge in [0, 0.05) is 25.2 Å². The van der Waals surface area contributed by atoms with E-state index < -0.39 is 0 Å². The van der Waals surface area contributed by atoms with Crippen molar-refractivity contribution >= 4 is 17.2 Å². The minimum absolute atomic E-state index is 0.103. The van der Waals surface area contributed by atoms with Gasteiger partial charge in [-0.3, -0.25) is 4.79 Å². The SMILES string of the molecule is COCCN(Cc1nccs1)C(=O)[C@H]1COc2ccccc2C1. The lowest BCUT2D eigenvalue weighted by Crippen LogP contribution is -2.41. The van der Waals surface area contributed by atoms with E-state index in [1.54, 1.807) is 24.6 Å². The number of amides is 1. The molecule has 0 unspecified atom stereocenters. The molecule has 1 aliphatic heterocycles. The number of thiazole rings is 1. The topological polar surface area (TPSA) is 51.7 Å². The van der Waals surface area contributed by atoms with Crippen LogP contribution in [0.15, 0.2) is 35.8 Å². The summed E-state index contributed by atoms with van der Waals surface area (Å²) in [4.78, 5) is 19.0. The molecule has 3 rings (SSSR count). The Morgan fingerprint density at radius 1 is 1.48 bits per heavy atom. The number of aromatic nitrogens is 1. The highest BCUT2D eigenvalue weighted by Crippen LogP contribution is 2.28. The summed E-state index contributed by atoms with van der Waals surface area (Å²) in [5.41, 5.74) is 1.10. The minimum atomic E-state index is -0.151. The smallest absolute Gasteiger partial charge is 0.229 e. The minimum Gasteiger partial charge on any atom is -0.492 e. The van der Waals surface area contributed by atoms with Crippen molar-refractivity contribution in [2.45, 2.75) is 13.0 Å². The summed E-state index contributed by atoms with van der Waals surface area (Å²) < 4.78 is 10.9. The zero-order valence-corrected chi connectivity index (χ0v) is 13.9. The second kappa shape index (κ2) is 7.57. The Hall–Kier alpha value is -1.92. The Balaban J connectivity index is 1.70. The summed E-state index contributed by atoms with van der Waals surface area (Å²) in [6.07, 6.45) is 2.48. The zero-order chi connectivity index (χ0) is 16.1. The van der Waals surface area contributed by atoms with E-state index in [0.29, 0.717) is 26.3 Å². The largest absolute Gasteiger partial charge is 0.492 e. The van der Waals surface area contributed by atoms with Crippen LogP contribution in [0.5, 0.6) is 5.75 Å². The van der Waals surface area contributed by atoms with Gasteiger partial charge in [0.2, 0.25) is 5.91 Å². The van der Waals surface area contributed by atoms with Crippen molar-refractivity contribution in [3.05, 3.63) is 46.4 Å². The molecule has 0 fully saturated rings. The van der Waals surface area contributed by atoms with Crippen LogP contribution in [0.25, 0.3) is 0 Å². The van der Waals surface area contributed by atoms with Crippen LogP contribution in [0, 0.1) is 5.92 Å². The molecule has 1 aliphatic rings. The van der Waals surface area contributed by atoms with Crippen LogP contribution < -0.4 is 4.74 Å². The lowest BCUT2D eigenvalue weighted by molar-refractivity contribution is -0.138. The molecule has 0 N–H and O–H groups in total. The summed E-state index contributed by atoms with van der Waals surface area (Å²) in [6.45, 7) is 2.03. The van der Waals surface area contributed by atoms with Crippen molar-refractivity contribution in [3.63, 3.8) is 0 Å². The number of fused-ring (bicyclic) bond motifs is 1. The highest BCUT2D eigenvalue weighted by Gasteiger charge is 2.29. The normalized spacial score (nSPS) is 16.5. The number of ether oxygens (including phenoxy) is 2. The third kappa shape index (κ3) is 3.89. The monoisotopic (exact) mass is 332 g/mol. The molecule has 0 bridgehead atoms. The van der Waals surface area contributed by atoms with Gasteiger partial charge in [0.15, 0.2) is 0 Å². The summed E-state index contributed by atoms with van der Waals surface area (Å²) in [7, 11) is 1.64. The predicted molar refractivity (Wildman–Crippen MR) is 88.5 cm³/mol. The van der Waals surface area contributed by atoms with Crippen molar-refractivity contribution in [1.29, 1.82) is 0 Å². The molecule has 5 nitrogen and oxygen atoms in total. The number of methoxy groups -OCH3 is 1. The number of carbonyl (C=O) groups excluding carboxylic acids is 1. The Kier molecular flexibility index (Phi) is 5.25. The van der Waals surface area contributed by atoms with Crippen molar-refractivity contribution in [1.82, 2.24) is 9.88 Å². The van der Waals surface area contributed by atoms with Gasteiger partial charge in [-0.15, -0.1) is 11.3 Å². The van der Waals surface area contributed by atoms with Gasteiger partial charge >= 0.3 is 0 Å². The number of hydrogen-bond acceptors (Lipinski definition) is 5. The van der Waals surface area contributed by atoms with Crippen molar-refractivity contribution in [3.8, 4) is 5.75 Å². The maximum atomic E-state index is 12.9. The Morgan fingerprint density at radius 3 is 3.13 bits per heavy atom. The first-order valence-corrected chi connectivity index (χ1v) is 8.52. The van der Waals surface area contributed by atoms with E-state index in [1.165, 1.54) is 0 Å². The van der Waals surface area contributed by atoms with E-state index in [4.69, 9.17) is 9.47 Å². The van der Waals surface area contributed by atoms with Gasteiger partial charge < -0.3 is 14.4 Å². The third-order valence-electron chi connectivity index (χ3n) is 3.91. The fourth-order valence-corrected chi connectivity index (χ4v) is 3.34. The molecule has 0 radical (unpaired) electrons. The number of carbonyl (C=O) groups is 1. The molecular formula is C17H20N2O3S. The quantitative estimate of drug-likeness (QED) is 0.815. The average molecular weight is 332 g/mol. The molecule has 1 amide bonds. The number of para-hydroxylation sites is 1. The first kappa shape index (κ1) is 16.0. The molecule has 1 atom stereocenters. The highest BCUT2D eigenvalue weighted by molar-refractivity contribution is 7.09. The van der Waals surface area contributed by atoms with Gasteiger partial charge in [-0.2, -0.15) is 0 Å². The lowest BCUT2D eigenvalue weighted by atomic mass is 9.95. The lowest BCUT2D eigenvalue weighted by Gasteiger charge is -2.30. The van der Waals surface area contributed by atoms with Crippen LogP contribution >= 0.6 is 11.3 Å². The van der Waals surface area contributed by atoms with Crippen molar-refractivity contribution in [2.75, 3.05) is 26.9 Å². The molecule has 1 aromatic carbocycles. The second-order valence-electron chi connectivity index (χ2n) is 5.50. The van der Waals surface area contributed by atoms with Crippen molar-refractivity contribution < 1.29 is 14.3 Å². The number of hydrogen-bond donors (Lipinski definition) is 0. The summed E-state index contributed by atoms with van der Waals surface area (Å²) >= 11 is 1.56. The Morgan fingerprint density at radius 2 is 2.35 bits per heavy atom. The number of nitrogens with zero attached hydrogens (tertiary/aromatic N) is 2. The standard InChI is InChI=1S/C17H20N2O3S/c1-21-8-7-19(11-16-18-6-9-23-16)17(20)14-10-13-4-2-3-5-15(13)22-12-14/h2-6,9,14H,7-8,10-12H2,1H3/t14-/m1/s1. The molecule has 2 heterocycles. The van der Waals surface area contributed by atoms with Gasteiger partial charge in [-0.25, -0.2) is 4.98 Å². The second-order valence-corrected chi connectivity index (χ2v) is 6.48. The van der Waals surface area contributed by atoms with Crippen LogP contribution in [0.2, 0.25) is 0 Å². The van der Waals surface area contributed by atoms with Gasteiger partial charge in [-0.05, 0) is 18.1 Å². The predicted octanol–water partition coefficient (Wildman–Crippen LogP) is 2.37. The van der Waals surface area contributed by atoms with Crippen LogP contribution in [0.4, 0.5) is 0 Å². The first-order valence-electron chi connectivity index (χ1n) is 7.64. The molecule has 2 aromatic rings. The fraction of sp³-hybridized carbons (Fsp3) is 0.412. The van der Waals surface area contributed by atoms with E-state index in [1.807, 2.05) is 34.5 Å². The van der Waals surface area contributed by atoms with E-state index in [2.05, 4.69) is 4.98 Å². The highest BCUT2D eigenvalue weighted by atomic mass is 32.1. The zero-order valence-electron chi connectivity index (χ0n) is 13.1. The molecule has 23 heavy (non-hydrogen) atoms. The maximum absolute atomic E-state index is 12.9. The van der Waals surface area contributed by atoms with Gasteiger partial charge in [-0.1, -0.05) is 18.2 Å². The van der Waals surface area contributed by atoms with E-state index in [9.17, 15) is 4.79 Å². The van der Waals surface area contributed by atoms with Crippen LogP contribution in [0.1, 0.15) is 10.6 Å². The van der Waals surface area contributed by atoms with Gasteiger partial charge in [0.05, 0.1) is 19.1 Å². The van der Waals surface area contributed by atoms with Gasteiger partial charge in [0.25, 0.3) is 0 Å². The van der Waals surface area contributed by atoms with Crippen LogP contribution in [-0.2, 0) is 22.5 Å². The molecule has 1 aromatic heterocycles. The third-order valence-corrected chi connectivity index (χ3v) is 4.68. The Bertz CT molecular complexity index is 645.